The number of rotatable bonds is 5. The number of nitrogen functional groups attached to an aromatic ring is 1. The first kappa shape index (κ1) is 13.2. The van der Waals surface area contributed by atoms with Crippen molar-refractivity contribution < 1.29 is 14.3 Å². The Kier molecular flexibility index (Phi) is 4.63. The summed E-state index contributed by atoms with van der Waals surface area (Å²) in [4.78, 5) is 11.4. The van der Waals surface area contributed by atoms with Gasteiger partial charge in [0, 0.05) is 12.1 Å². The Morgan fingerprint density at radius 3 is 2.71 bits per heavy atom. The van der Waals surface area contributed by atoms with Crippen molar-refractivity contribution in [2.75, 3.05) is 19.5 Å². The molecule has 0 heterocycles. The van der Waals surface area contributed by atoms with Crippen LogP contribution in [0, 0.1) is 0 Å². The van der Waals surface area contributed by atoms with Gasteiger partial charge in [0.2, 0.25) is 0 Å². The topological polar surface area (TPSA) is 73.6 Å². The van der Waals surface area contributed by atoms with Gasteiger partial charge in [-0.2, -0.15) is 0 Å². The van der Waals surface area contributed by atoms with E-state index in [0.29, 0.717) is 17.2 Å². The first-order valence-corrected chi connectivity index (χ1v) is 5.38. The number of carbonyl (C=O) groups is 1. The van der Waals surface area contributed by atoms with E-state index in [1.54, 1.807) is 25.3 Å². The maximum atomic E-state index is 11.4. The lowest BCUT2D eigenvalue weighted by Crippen LogP contribution is -2.34. The SMILES string of the molecule is COc1ccc(OCC(=O)NC(C)C)c(N)c1. The van der Waals surface area contributed by atoms with Crippen molar-refractivity contribution in [2.45, 2.75) is 19.9 Å². The van der Waals surface area contributed by atoms with Crippen molar-refractivity contribution in [3.63, 3.8) is 0 Å². The van der Waals surface area contributed by atoms with Crippen molar-refractivity contribution in [3.8, 4) is 11.5 Å². The largest absolute Gasteiger partial charge is 0.497 e. The minimum atomic E-state index is -0.171. The second kappa shape index (κ2) is 5.98. The zero-order chi connectivity index (χ0) is 12.8. The van der Waals surface area contributed by atoms with E-state index in [-0.39, 0.29) is 18.6 Å². The van der Waals surface area contributed by atoms with Crippen LogP contribution in [0.1, 0.15) is 13.8 Å². The smallest absolute Gasteiger partial charge is 0.258 e. The Bertz CT molecular complexity index is 391. The number of hydrogen-bond acceptors (Lipinski definition) is 4. The molecule has 0 radical (unpaired) electrons. The van der Waals surface area contributed by atoms with Crippen molar-refractivity contribution in [3.05, 3.63) is 18.2 Å². The monoisotopic (exact) mass is 238 g/mol. The average molecular weight is 238 g/mol. The summed E-state index contributed by atoms with van der Waals surface area (Å²) in [5.74, 6) is 0.960. The summed E-state index contributed by atoms with van der Waals surface area (Å²) >= 11 is 0. The molecule has 0 fully saturated rings. The predicted octanol–water partition coefficient (Wildman–Crippen LogP) is 1.18. The molecule has 0 saturated carbocycles. The van der Waals surface area contributed by atoms with Gasteiger partial charge in [-0.1, -0.05) is 0 Å². The molecule has 0 spiro atoms. The van der Waals surface area contributed by atoms with Crippen LogP contribution in [-0.2, 0) is 4.79 Å². The van der Waals surface area contributed by atoms with Crippen LogP contribution >= 0.6 is 0 Å². The van der Waals surface area contributed by atoms with Gasteiger partial charge in [-0.3, -0.25) is 4.79 Å². The molecule has 1 aromatic rings. The number of methoxy groups -OCH3 is 1. The first-order chi connectivity index (χ1) is 8.02. The van der Waals surface area contributed by atoms with E-state index in [9.17, 15) is 4.79 Å². The summed E-state index contributed by atoms with van der Waals surface area (Å²) in [7, 11) is 1.56. The zero-order valence-corrected chi connectivity index (χ0v) is 10.3. The van der Waals surface area contributed by atoms with E-state index < -0.39 is 0 Å². The van der Waals surface area contributed by atoms with Crippen LogP contribution in [0.4, 0.5) is 5.69 Å². The molecule has 5 heteroatoms. The maximum absolute atomic E-state index is 11.4. The Morgan fingerprint density at radius 1 is 1.47 bits per heavy atom. The van der Waals surface area contributed by atoms with Gasteiger partial charge in [0.15, 0.2) is 6.61 Å². The minimum absolute atomic E-state index is 0.0469. The van der Waals surface area contributed by atoms with Crippen LogP contribution in [0.25, 0.3) is 0 Å². The van der Waals surface area contributed by atoms with Crippen molar-refractivity contribution in [1.29, 1.82) is 0 Å². The molecular weight excluding hydrogens is 220 g/mol. The highest BCUT2D eigenvalue weighted by Gasteiger charge is 2.07. The molecule has 0 unspecified atom stereocenters. The number of nitrogens with two attached hydrogens (primary N) is 1. The van der Waals surface area contributed by atoms with Gasteiger partial charge >= 0.3 is 0 Å². The lowest BCUT2D eigenvalue weighted by atomic mass is 10.3. The number of anilines is 1. The molecule has 1 amide bonds. The normalized spacial score (nSPS) is 10.1. The fraction of sp³-hybridized carbons (Fsp3) is 0.417. The number of nitrogens with one attached hydrogen (secondary N) is 1. The molecule has 0 aliphatic heterocycles. The van der Waals surface area contributed by atoms with Crippen LogP contribution in [-0.4, -0.2) is 25.7 Å². The van der Waals surface area contributed by atoms with Gasteiger partial charge in [-0.15, -0.1) is 0 Å². The van der Waals surface area contributed by atoms with E-state index in [1.165, 1.54) is 0 Å². The predicted molar refractivity (Wildman–Crippen MR) is 66.2 cm³/mol. The van der Waals surface area contributed by atoms with E-state index >= 15 is 0 Å². The van der Waals surface area contributed by atoms with Crippen LogP contribution in [0.3, 0.4) is 0 Å². The fourth-order valence-corrected chi connectivity index (χ4v) is 1.29. The lowest BCUT2D eigenvalue weighted by molar-refractivity contribution is -0.123. The second-order valence-electron chi connectivity index (χ2n) is 3.91. The standard InChI is InChI=1S/C12H18N2O3/c1-8(2)14-12(15)7-17-11-5-4-9(16-3)6-10(11)13/h4-6,8H,7,13H2,1-3H3,(H,14,15). The summed E-state index contributed by atoms with van der Waals surface area (Å²) in [6, 6.07) is 5.15. The third-order valence-corrected chi connectivity index (χ3v) is 2.03. The third-order valence-electron chi connectivity index (χ3n) is 2.03. The summed E-state index contributed by atoms with van der Waals surface area (Å²) in [6.45, 7) is 3.73. The number of carbonyl (C=O) groups excluding carboxylic acids is 1. The Morgan fingerprint density at radius 2 is 2.18 bits per heavy atom. The molecule has 1 rings (SSSR count). The molecule has 0 atom stereocenters. The number of benzene rings is 1. The summed E-state index contributed by atoms with van der Waals surface area (Å²) in [6.07, 6.45) is 0. The van der Waals surface area contributed by atoms with Gasteiger partial charge < -0.3 is 20.5 Å². The van der Waals surface area contributed by atoms with E-state index in [1.807, 2.05) is 13.8 Å². The quantitative estimate of drug-likeness (QED) is 0.755. The first-order valence-electron chi connectivity index (χ1n) is 5.38. The Balaban J connectivity index is 2.55. The fourth-order valence-electron chi connectivity index (χ4n) is 1.29. The lowest BCUT2D eigenvalue weighted by Gasteiger charge is -2.11. The highest BCUT2D eigenvalue weighted by Crippen LogP contribution is 2.25. The highest BCUT2D eigenvalue weighted by atomic mass is 16.5. The van der Waals surface area contributed by atoms with Crippen molar-refractivity contribution >= 4 is 11.6 Å². The third kappa shape index (κ3) is 4.22. The molecular formula is C12H18N2O3. The molecule has 3 N–H and O–H groups in total. The van der Waals surface area contributed by atoms with Gasteiger partial charge in [0.05, 0.1) is 12.8 Å². The molecule has 1 aromatic carbocycles. The molecule has 94 valence electrons. The molecule has 0 saturated heterocycles. The van der Waals surface area contributed by atoms with Gasteiger partial charge in [0.1, 0.15) is 11.5 Å². The number of amides is 1. The summed E-state index contributed by atoms with van der Waals surface area (Å²) in [5, 5.41) is 2.73. The van der Waals surface area contributed by atoms with Crippen LogP contribution in [0.15, 0.2) is 18.2 Å². The number of hydrogen-bond donors (Lipinski definition) is 2. The Hall–Kier alpha value is -1.91. The molecule has 0 aliphatic carbocycles. The van der Waals surface area contributed by atoms with Crippen molar-refractivity contribution in [2.24, 2.45) is 0 Å². The highest BCUT2D eigenvalue weighted by molar-refractivity contribution is 5.78. The second-order valence-corrected chi connectivity index (χ2v) is 3.91. The molecule has 5 nitrogen and oxygen atoms in total. The van der Waals surface area contributed by atoms with Gasteiger partial charge in [-0.25, -0.2) is 0 Å². The van der Waals surface area contributed by atoms with Crippen LogP contribution in [0.5, 0.6) is 11.5 Å². The zero-order valence-electron chi connectivity index (χ0n) is 10.3. The van der Waals surface area contributed by atoms with Gasteiger partial charge in [-0.05, 0) is 26.0 Å². The molecule has 0 aliphatic rings. The molecule has 0 aromatic heterocycles. The maximum Gasteiger partial charge on any atom is 0.258 e. The van der Waals surface area contributed by atoms with Crippen LogP contribution < -0.4 is 20.5 Å². The number of ether oxygens (including phenoxy) is 2. The summed E-state index contributed by atoms with van der Waals surface area (Å²) in [5.41, 5.74) is 6.19. The average Bonchev–Trinajstić information content (AvgIpc) is 2.26. The van der Waals surface area contributed by atoms with Crippen LogP contribution in [0.2, 0.25) is 0 Å². The van der Waals surface area contributed by atoms with E-state index in [0.717, 1.165) is 0 Å². The molecule has 17 heavy (non-hydrogen) atoms. The minimum Gasteiger partial charge on any atom is -0.497 e. The van der Waals surface area contributed by atoms with Gasteiger partial charge in [0.25, 0.3) is 5.91 Å². The Labute approximate surface area is 101 Å². The molecule has 0 bridgehead atoms. The van der Waals surface area contributed by atoms with E-state index in [4.69, 9.17) is 15.2 Å². The van der Waals surface area contributed by atoms with Crippen molar-refractivity contribution in [1.82, 2.24) is 5.32 Å². The van der Waals surface area contributed by atoms with E-state index in [2.05, 4.69) is 5.32 Å². The summed E-state index contributed by atoms with van der Waals surface area (Å²) < 4.78 is 10.3.